The highest BCUT2D eigenvalue weighted by Crippen LogP contribution is 2.25. The van der Waals surface area contributed by atoms with Crippen molar-refractivity contribution in [3.8, 4) is 0 Å². The fraction of sp³-hybridized carbons (Fsp3) is 0.476. The summed E-state index contributed by atoms with van der Waals surface area (Å²) in [5.41, 5.74) is 1.40. The quantitative estimate of drug-likeness (QED) is 0.644. The lowest BCUT2D eigenvalue weighted by Crippen LogP contribution is -2.40. The molecule has 1 aliphatic rings. The molecule has 2 aromatic heterocycles. The molecule has 0 bridgehead atoms. The minimum atomic E-state index is -0.372. The van der Waals surface area contributed by atoms with Crippen LogP contribution < -0.4 is 10.9 Å². The van der Waals surface area contributed by atoms with Crippen LogP contribution in [0.25, 0.3) is 16.8 Å². The average molecular weight is 397 g/mol. The number of ether oxygens (including phenoxy) is 1. The van der Waals surface area contributed by atoms with Crippen molar-refractivity contribution in [1.29, 1.82) is 0 Å². The van der Waals surface area contributed by atoms with E-state index in [1.54, 1.807) is 4.40 Å². The van der Waals surface area contributed by atoms with Crippen LogP contribution in [0, 0.1) is 0 Å². The number of imidazole rings is 1. The van der Waals surface area contributed by atoms with Crippen molar-refractivity contribution >= 4 is 22.7 Å². The fourth-order valence-corrected chi connectivity index (χ4v) is 3.91. The zero-order valence-electron chi connectivity index (χ0n) is 16.9. The highest BCUT2D eigenvalue weighted by atomic mass is 16.5. The molecular formula is C21H27N5O3. The lowest BCUT2D eigenvalue weighted by Gasteiger charge is -2.33. The molecular weight excluding hydrogens is 370 g/mol. The third-order valence-corrected chi connectivity index (χ3v) is 5.55. The van der Waals surface area contributed by atoms with Gasteiger partial charge in [-0.05, 0) is 25.5 Å². The minimum Gasteiger partial charge on any atom is -0.379 e. The molecule has 8 heteroatoms. The Morgan fingerprint density at radius 1 is 1.24 bits per heavy atom. The second-order valence-corrected chi connectivity index (χ2v) is 7.36. The predicted molar refractivity (Wildman–Crippen MR) is 111 cm³/mol. The Morgan fingerprint density at radius 3 is 2.69 bits per heavy atom. The van der Waals surface area contributed by atoms with Gasteiger partial charge in [0.05, 0.1) is 30.4 Å². The third-order valence-electron chi connectivity index (χ3n) is 5.55. The second kappa shape index (κ2) is 8.34. The van der Waals surface area contributed by atoms with E-state index < -0.39 is 0 Å². The summed E-state index contributed by atoms with van der Waals surface area (Å²) in [5.74, 6) is 0.170. The molecule has 3 aromatic rings. The van der Waals surface area contributed by atoms with Gasteiger partial charge >= 0.3 is 0 Å². The van der Waals surface area contributed by atoms with Crippen molar-refractivity contribution < 1.29 is 9.53 Å². The highest BCUT2D eigenvalue weighted by Gasteiger charge is 2.25. The summed E-state index contributed by atoms with van der Waals surface area (Å²) in [6, 6.07) is 7.73. The molecule has 1 saturated heterocycles. The van der Waals surface area contributed by atoms with E-state index in [0.717, 1.165) is 37.0 Å². The number of carbonyl (C=O) groups excluding carboxylic acids is 1. The number of nitrogens with one attached hydrogen (secondary N) is 1. The van der Waals surface area contributed by atoms with Gasteiger partial charge in [0.1, 0.15) is 5.56 Å². The van der Waals surface area contributed by atoms with Crippen LogP contribution in [0.15, 0.2) is 35.3 Å². The molecule has 0 radical (unpaired) electrons. The topological polar surface area (TPSA) is 80.9 Å². The smallest absolute Gasteiger partial charge is 0.272 e. The van der Waals surface area contributed by atoms with Crippen LogP contribution in [0.4, 0.5) is 0 Å². The molecule has 1 fully saturated rings. The van der Waals surface area contributed by atoms with Gasteiger partial charge < -0.3 is 10.1 Å². The first kappa shape index (κ1) is 19.6. The van der Waals surface area contributed by atoms with Gasteiger partial charge in [0.2, 0.25) is 5.78 Å². The molecule has 29 heavy (non-hydrogen) atoms. The molecule has 154 valence electrons. The number of amides is 1. The first-order chi connectivity index (χ1) is 14.1. The maximum atomic E-state index is 13.2. The summed E-state index contributed by atoms with van der Waals surface area (Å²) in [5, 5.41) is 2.81. The summed E-state index contributed by atoms with van der Waals surface area (Å²) in [4.78, 5) is 32.6. The van der Waals surface area contributed by atoms with Crippen LogP contribution in [-0.4, -0.2) is 57.6 Å². The van der Waals surface area contributed by atoms with Crippen LogP contribution >= 0.6 is 0 Å². The van der Waals surface area contributed by atoms with Gasteiger partial charge in [-0.1, -0.05) is 25.5 Å². The Hall–Kier alpha value is -2.71. The van der Waals surface area contributed by atoms with E-state index in [1.807, 2.05) is 24.3 Å². The lowest BCUT2D eigenvalue weighted by atomic mass is 10.3. The van der Waals surface area contributed by atoms with E-state index in [-0.39, 0.29) is 23.2 Å². The van der Waals surface area contributed by atoms with Crippen LogP contribution in [0.2, 0.25) is 0 Å². The van der Waals surface area contributed by atoms with Crippen molar-refractivity contribution in [2.75, 3.05) is 32.8 Å². The molecule has 8 nitrogen and oxygen atoms in total. The number of benzene rings is 1. The molecule has 0 saturated carbocycles. The van der Waals surface area contributed by atoms with Crippen LogP contribution in [-0.2, 0) is 4.74 Å². The largest absolute Gasteiger partial charge is 0.379 e. The van der Waals surface area contributed by atoms with Crippen molar-refractivity contribution in [3.63, 3.8) is 0 Å². The number of nitrogens with zero attached hydrogens (tertiary/aromatic N) is 4. The van der Waals surface area contributed by atoms with Crippen molar-refractivity contribution in [3.05, 3.63) is 46.4 Å². The van der Waals surface area contributed by atoms with E-state index in [9.17, 15) is 9.59 Å². The molecule has 4 rings (SSSR count). The van der Waals surface area contributed by atoms with E-state index in [1.165, 1.54) is 6.20 Å². The van der Waals surface area contributed by atoms with Crippen LogP contribution in [0.3, 0.4) is 0 Å². The Morgan fingerprint density at radius 2 is 1.97 bits per heavy atom. The average Bonchev–Trinajstić information content (AvgIpc) is 3.09. The zero-order valence-corrected chi connectivity index (χ0v) is 16.9. The number of hydrogen-bond donors (Lipinski definition) is 1. The number of aromatic nitrogens is 3. The lowest BCUT2D eigenvalue weighted by molar-refractivity contribution is 0.00549. The first-order valence-electron chi connectivity index (χ1n) is 10.2. The summed E-state index contributed by atoms with van der Waals surface area (Å²) >= 11 is 0. The van der Waals surface area contributed by atoms with Crippen molar-refractivity contribution in [2.24, 2.45) is 0 Å². The van der Waals surface area contributed by atoms with Gasteiger partial charge in [0.15, 0.2) is 0 Å². The molecule has 1 N–H and O–H groups in total. The molecule has 1 amide bonds. The minimum absolute atomic E-state index is 0.00457. The van der Waals surface area contributed by atoms with Crippen LogP contribution in [0.1, 0.15) is 43.2 Å². The maximum Gasteiger partial charge on any atom is 0.272 e. The Kier molecular flexibility index (Phi) is 5.64. The van der Waals surface area contributed by atoms with Gasteiger partial charge in [-0.25, -0.2) is 9.38 Å². The van der Waals surface area contributed by atoms with Crippen molar-refractivity contribution in [2.45, 2.75) is 32.9 Å². The van der Waals surface area contributed by atoms with Crippen molar-refractivity contribution in [1.82, 2.24) is 24.2 Å². The van der Waals surface area contributed by atoms with Gasteiger partial charge in [0.25, 0.3) is 11.5 Å². The Labute approximate surface area is 169 Å². The highest BCUT2D eigenvalue weighted by molar-refractivity contribution is 5.94. The summed E-state index contributed by atoms with van der Waals surface area (Å²) in [6.07, 6.45) is 3.26. The van der Waals surface area contributed by atoms with E-state index >= 15 is 0 Å². The standard InChI is InChI=1S/C21H27N5O3/c1-3-4-9-22-19(27)16-14-23-21-25(15(2)24-10-12-29-13-11-24)17-7-5-6-8-18(17)26(21)20(16)28/h5-8,14-15H,3-4,9-13H2,1-2H3,(H,22,27). The van der Waals surface area contributed by atoms with Gasteiger partial charge in [-0.3, -0.25) is 19.1 Å². The SMILES string of the molecule is CCCCNC(=O)c1cnc2n(C(C)N3CCOCC3)c3ccccc3n2c1=O. The number of para-hydroxylation sites is 2. The maximum absolute atomic E-state index is 13.2. The summed E-state index contributed by atoms with van der Waals surface area (Å²) in [7, 11) is 0. The number of unbranched alkanes of at least 4 members (excludes halogenated alkanes) is 1. The molecule has 1 aliphatic heterocycles. The number of fused-ring (bicyclic) bond motifs is 3. The zero-order chi connectivity index (χ0) is 20.4. The van der Waals surface area contributed by atoms with E-state index in [2.05, 4.69) is 33.6 Å². The second-order valence-electron chi connectivity index (χ2n) is 7.36. The van der Waals surface area contributed by atoms with Crippen LogP contribution in [0.5, 0.6) is 0 Å². The molecule has 3 heterocycles. The third kappa shape index (κ3) is 3.54. The molecule has 1 atom stereocenters. The normalized spacial score (nSPS) is 16.3. The molecule has 1 aromatic carbocycles. The molecule has 0 spiro atoms. The van der Waals surface area contributed by atoms with E-state index in [4.69, 9.17) is 4.74 Å². The number of hydrogen-bond acceptors (Lipinski definition) is 5. The van der Waals surface area contributed by atoms with Gasteiger partial charge in [-0.15, -0.1) is 0 Å². The fourth-order valence-electron chi connectivity index (χ4n) is 3.91. The Balaban J connectivity index is 1.83. The van der Waals surface area contributed by atoms with Gasteiger partial charge in [-0.2, -0.15) is 0 Å². The Bertz CT molecular complexity index is 1080. The number of rotatable bonds is 6. The summed E-state index contributed by atoms with van der Waals surface area (Å²) < 4.78 is 9.10. The summed E-state index contributed by atoms with van der Waals surface area (Å²) in [6.45, 7) is 7.74. The first-order valence-corrected chi connectivity index (χ1v) is 10.2. The molecule has 0 aliphatic carbocycles. The predicted octanol–water partition coefficient (Wildman–Crippen LogP) is 2.03. The van der Waals surface area contributed by atoms with E-state index in [0.29, 0.717) is 25.5 Å². The monoisotopic (exact) mass is 397 g/mol. The number of carbonyl (C=O) groups is 1. The number of morpholine rings is 1. The molecule has 1 unspecified atom stereocenters. The van der Waals surface area contributed by atoms with Gasteiger partial charge in [0, 0.05) is 25.8 Å².